The van der Waals surface area contributed by atoms with Crippen molar-refractivity contribution < 1.29 is 26.9 Å². The molecule has 0 saturated carbocycles. The summed E-state index contributed by atoms with van der Waals surface area (Å²) in [7, 11) is -3.93. The topological polar surface area (TPSA) is 103 Å². The first-order valence-electron chi connectivity index (χ1n) is 10.8. The highest BCUT2D eigenvalue weighted by molar-refractivity contribution is 7.87. The van der Waals surface area contributed by atoms with Crippen LogP contribution in [0.4, 0.5) is 0 Å². The van der Waals surface area contributed by atoms with E-state index < -0.39 is 16.0 Å². The lowest BCUT2D eigenvalue weighted by atomic mass is 10.2. The molecule has 0 aliphatic heterocycles. The number of hydrogen-bond acceptors (Lipinski definition) is 7. The third-order valence-corrected chi connectivity index (χ3v) is 5.90. The number of carbonyl (C=O) groups excluding carboxylic acids is 1. The van der Waals surface area contributed by atoms with Gasteiger partial charge in [0.15, 0.2) is 11.5 Å². The Balaban J connectivity index is 1.61. The van der Waals surface area contributed by atoms with Gasteiger partial charge in [0, 0.05) is 5.56 Å². The molecule has 1 N–H and O–H groups in total. The summed E-state index contributed by atoms with van der Waals surface area (Å²) in [6, 6.07) is 17.5. The van der Waals surface area contributed by atoms with Crippen molar-refractivity contribution in [2.45, 2.75) is 18.7 Å². The van der Waals surface area contributed by atoms with Crippen molar-refractivity contribution in [2.75, 3.05) is 13.2 Å². The molecule has 3 aromatic rings. The minimum atomic E-state index is -3.93. The lowest BCUT2D eigenvalue weighted by molar-refractivity contribution is 0.0954. The van der Waals surface area contributed by atoms with Gasteiger partial charge in [-0.25, -0.2) is 5.43 Å². The van der Waals surface area contributed by atoms with E-state index in [1.165, 1.54) is 30.5 Å². The SMILES string of the molecule is C=CCOc1ccc(C(=O)N/N=C/c2ccc(OS(=O)(=O)c3ccc(C)cc3)cc2)cc1OCC. The molecule has 0 radical (unpaired) electrons. The molecule has 182 valence electrons. The predicted octanol–water partition coefficient (Wildman–Crippen LogP) is 4.49. The maximum absolute atomic E-state index is 12.5. The first-order chi connectivity index (χ1) is 16.8. The van der Waals surface area contributed by atoms with Crippen molar-refractivity contribution in [3.05, 3.63) is 96.1 Å². The van der Waals surface area contributed by atoms with Crippen LogP contribution in [0.1, 0.15) is 28.4 Å². The summed E-state index contributed by atoms with van der Waals surface area (Å²) in [6.45, 7) is 8.05. The van der Waals surface area contributed by atoms with Crippen molar-refractivity contribution >= 4 is 22.2 Å². The number of nitrogens with one attached hydrogen (secondary N) is 1. The van der Waals surface area contributed by atoms with Gasteiger partial charge < -0.3 is 13.7 Å². The van der Waals surface area contributed by atoms with Crippen LogP contribution in [0.15, 0.2) is 89.4 Å². The predicted molar refractivity (Wildman–Crippen MR) is 134 cm³/mol. The second-order valence-corrected chi connectivity index (χ2v) is 8.86. The van der Waals surface area contributed by atoms with Crippen LogP contribution in [0.5, 0.6) is 17.2 Å². The number of nitrogens with zero attached hydrogens (tertiary/aromatic N) is 1. The first-order valence-corrected chi connectivity index (χ1v) is 12.2. The van der Waals surface area contributed by atoms with Crippen molar-refractivity contribution in [3.63, 3.8) is 0 Å². The summed E-state index contributed by atoms with van der Waals surface area (Å²) in [5.74, 6) is 0.691. The van der Waals surface area contributed by atoms with E-state index >= 15 is 0 Å². The van der Waals surface area contributed by atoms with E-state index in [0.29, 0.717) is 35.8 Å². The van der Waals surface area contributed by atoms with Crippen LogP contribution in [0.3, 0.4) is 0 Å². The molecule has 0 saturated heterocycles. The highest BCUT2D eigenvalue weighted by atomic mass is 32.2. The molecule has 35 heavy (non-hydrogen) atoms. The Morgan fingerprint density at radius 1 is 1.00 bits per heavy atom. The fourth-order valence-corrected chi connectivity index (χ4v) is 3.83. The Hall–Kier alpha value is -4.11. The fraction of sp³-hybridized carbons (Fsp3) is 0.154. The molecule has 0 aromatic heterocycles. The quantitative estimate of drug-likeness (QED) is 0.182. The van der Waals surface area contributed by atoms with E-state index in [4.69, 9.17) is 13.7 Å². The molecular formula is C26H26N2O6S. The Labute approximate surface area is 205 Å². The van der Waals surface area contributed by atoms with E-state index in [2.05, 4.69) is 17.1 Å². The van der Waals surface area contributed by atoms with Crippen LogP contribution < -0.4 is 19.1 Å². The second kappa shape index (κ2) is 11.8. The molecule has 0 unspecified atom stereocenters. The van der Waals surface area contributed by atoms with E-state index in [1.807, 2.05) is 13.8 Å². The van der Waals surface area contributed by atoms with Crippen LogP contribution in [0.2, 0.25) is 0 Å². The summed E-state index contributed by atoms with van der Waals surface area (Å²) in [5, 5.41) is 3.96. The maximum Gasteiger partial charge on any atom is 0.339 e. The molecule has 0 aliphatic rings. The van der Waals surface area contributed by atoms with Gasteiger partial charge in [-0.1, -0.05) is 30.4 Å². The molecule has 0 fully saturated rings. The monoisotopic (exact) mass is 494 g/mol. The minimum absolute atomic E-state index is 0.0734. The van der Waals surface area contributed by atoms with Crippen LogP contribution >= 0.6 is 0 Å². The molecule has 3 aromatic carbocycles. The van der Waals surface area contributed by atoms with E-state index in [9.17, 15) is 13.2 Å². The molecular weight excluding hydrogens is 468 g/mol. The molecule has 9 heteroatoms. The largest absolute Gasteiger partial charge is 0.490 e. The van der Waals surface area contributed by atoms with Gasteiger partial charge in [0.1, 0.15) is 17.3 Å². The van der Waals surface area contributed by atoms with Gasteiger partial charge in [-0.3, -0.25) is 4.79 Å². The zero-order valence-electron chi connectivity index (χ0n) is 19.4. The van der Waals surface area contributed by atoms with Gasteiger partial charge in [0.2, 0.25) is 0 Å². The Kier molecular flexibility index (Phi) is 8.63. The van der Waals surface area contributed by atoms with Gasteiger partial charge in [0.05, 0.1) is 12.8 Å². The molecule has 0 heterocycles. The van der Waals surface area contributed by atoms with Gasteiger partial charge in [-0.2, -0.15) is 13.5 Å². The standard InChI is InChI=1S/C26H26N2O6S/c1-4-16-33-24-15-10-21(17-25(24)32-5-2)26(29)28-27-18-20-8-11-22(12-9-20)34-35(30,31)23-13-6-19(3)7-14-23/h4,6-15,17-18H,1,5,16H2,2-3H3,(H,28,29)/b27-18+. The van der Waals surface area contributed by atoms with Gasteiger partial charge in [0.25, 0.3) is 5.91 Å². The Bertz CT molecular complexity index is 1300. The number of hydrogen-bond donors (Lipinski definition) is 1. The Morgan fingerprint density at radius 3 is 2.37 bits per heavy atom. The number of amides is 1. The molecule has 8 nitrogen and oxygen atoms in total. The lowest BCUT2D eigenvalue weighted by Crippen LogP contribution is -2.17. The summed E-state index contributed by atoms with van der Waals surface area (Å²) < 4.78 is 41.1. The van der Waals surface area contributed by atoms with E-state index in [0.717, 1.165) is 5.56 Å². The van der Waals surface area contributed by atoms with Gasteiger partial charge >= 0.3 is 10.1 Å². The summed E-state index contributed by atoms with van der Waals surface area (Å²) in [5.41, 5.74) is 4.38. The zero-order chi connectivity index (χ0) is 25.3. The fourth-order valence-electron chi connectivity index (χ4n) is 2.90. The number of ether oxygens (including phenoxy) is 2. The van der Waals surface area contributed by atoms with Gasteiger partial charge in [-0.05, 0) is 74.0 Å². The average molecular weight is 495 g/mol. The smallest absolute Gasteiger partial charge is 0.339 e. The normalized spacial score (nSPS) is 11.1. The third-order valence-electron chi connectivity index (χ3n) is 4.64. The minimum Gasteiger partial charge on any atom is -0.490 e. The van der Waals surface area contributed by atoms with Crippen molar-refractivity contribution in [3.8, 4) is 17.2 Å². The summed E-state index contributed by atoms with van der Waals surface area (Å²) in [4.78, 5) is 12.5. The van der Waals surface area contributed by atoms with E-state index in [-0.39, 0.29) is 10.6 Å². The highest BCUT2D eigenvalue weighted by Crippen LogP contribution is 2.28. The first kappa shape index (κ1) is 25.5. The molecule has 0 spiro atoms. The van der Waals surface area contributed by atoms with Crippen LogP contribution in [-0.4, -0.2) is 33.8 Å². The van der Waals surface area contributed by atoms with E-state index in [1.54, 1.807) is 48.5 Å². The molecule has 0 bridgehead atoms. The third kappa shape index (κ3) is 7.18. The lowest BCUT2D eigenvalue weighted by Gasteiger charge is -2.12. The van der Waals surface area contributed by atoms with Gasteiger partial charge in [-0.15, -0.1) is 0 Å². The van der Waals surface area contributed by atoms with Crippen LogP contribution in [-0.2, 0) is 10.1 Å². The molecule has 0 aliphatic carbocycles. The highest BCUT2D eigenvalue weighted by Gasteiger charge is 2.16. The maximum atomic E-state index is 12.5. The second-order valence-electron chi connectivity index (χ2n) is 7.31. The van der Waals surface area contributed by atoms with Crippen molar-refractivity contribution in [2.24, 2.45) is 5.10 Å². The number of rotatable bonds is 11. The molecule has 3 rings (SSSR count). The van der Waals surface area contributed by atoms with Crippen molar-refractivity contribution in [1.82, 2.24) is 5.43 Å². The van der Waals surface area contributed by atoms with Crippen molar-refractivity contribution in [1.29, 1.82) is 0 Å². The summed E-state index contributed by atoms with van der Waals surface area (Å²) >= 11 is 0. The number of benzene rings is 3. The average Bonchev–Trinajstić information content (AvgIpc) is 2.84. The number of aryl methyl sites for hydroxylation is 1. The number of hydrazone groups is 1. The van der Waals surface area contributed by atoms with Crippen LogP contribution in [0, 0.1) is 6.92 Å². The zero-order valence-corrected chi connectivity index (χ0v) is 20.2. The Morgan fingerprint density at radius 2 is 1.71 bits per heavy atom. The molecule has 1 amide bonds. The molecule has 0 atom stereocenters. The van der Waals surface area contributed by atoms with Crippen LogP contribution in [0.25, 0.3) is 0 Å². The summed E-state index contributed by atoms with van der Waals surface area (Å²) in [6.07, 6.45) is 3.05. The number of carbonyl (C=O) groups is 1.